The summed E-state index contributed by atoms with van der Waals surface area (Å²) in [5.74, 6) is -0.426. The molecule has 0 spiro atoms. The summed E-state index contributed by atoms with van der Waals surface area (Å²) in [6, 6.07) is 17.5. The minimum absolute atomic E-state index is 0.258. The first-order valence-corrected chi connectivity index (χ1v) is 11.5. The smallest absolute Gasteiger partial charge is 0.338 e. The lowest BCUT2D eigenvalue weighted by atomic mass is 10.1. The van der Waals surface area contributed by atoms with Gasteiger partial charge in [-0.15, -0.1) is 0 Å². The maximum Gasteiger partial charge on any atom is 0.338 e. The van der Waals surface area contributed by atoms with E-state index in [2.05, 4.69) is 5.32 Å². The number of ether oxygens (including phenoxy) is 2. The minimum Gasteiger partial charge on any atom is -0.489 e. The molecule has 184 valence electrons. The molecule has 7 heteroatoms. The van der Waals surface area contributed by atoms with Crippen molar-refractivity contribution >= 4 is 28.5 Å². The summed E-state index contributed by atoms with van der Waals surface area (Å²) in [6.07, 6.45) is 0. The summed E-state index contributed by atoms with van der Waals surface area (Å²) in [7, 11) is 0. The molecule has 0 radical (unpaired) electrons. The summed E-state index contributed by atoms with van der Waals surface area (Å²) in [4.78, 5) is 36.3. The third kappa shape index (κ3) is 5.81. The standard InChI is InChI=1S/C29H27NO6/c1-17-11-19(3)28(20(4)12-17)30-26(31)16-35-29(33)22-7-5-21(6-8-22)15-34-23-9-10-24-18(2)13-27(32)36-25(24)14-23/h5-14H,15-16H2,1-4H3,(H,30,31). The first-order valence-electron chi connectivity index (χ1n) is 11.5. The number of carbonyl (C=O) groups excluding carboxylic acids is 2. The number of aryl methyl sites for hydroxylation is 4. The molecule has 4 aromatic rings. The number of carbonyl (C=O) groups is 2. The van der Waals surface area contributed by atoms with E-state index in [0.717, 1.165) is 38.9 Å². The zero-order valence-corrected chi connectivity index (χ0v) is 20.6. The lowest BCUT2D eigenvalue weighted by molar-refractivity contribution is -0.119. The van der Waals surface area contributed by atoms with Crippen molar-refractivity contribution in [2.24, 2.45) is 0 Å². The van der Waals surface area contributed by atoms with E-state index in [4.69, 9.17) is 13.9 Å². The Bertz CT molecular complexity index is 1480. The van der Waals surface area contributed by atoms with E-state index in [1.807, 2.05) is 52.0 Å². The number of anilines is 1. The summed E-state index contributed by atoms with van der Waals surface area (Å²) in [6.45, 7) is 7.57. The highest BCUT2D eigenvalue weighted by Gasteiger charge is 2.13. The molecule has 0 aliphatic rings. The quantitative estimate of drug-likeness (QED) is 0.278. The highest BCUT2D eigenvalue weighted by atomic mass is 16.5. The number of benzene rings is 3. The molecule has 7 nitrogen and oxygen atoms in total. The van der Waals surface area contributed by atoms with Gasteiger partial charge in [0, 0.05) is 23.2 Å². The summed E-state index contributed by atoms with van der Waals surface area (Å²) >= 11 is 0. The highest BCUT2D eigenvalue weighted by molar-refractivity contribution is 5.96. The molecule has 1 aromatic heterocycles. The number of amides is 1. The van der Waals surface area contributed by atoms with Crippen LogP contribution < -0.4 is 15.7 Å². The molecule has 0 atom stereocenters. The molecule has 0 aliphatic heterocycles. The fraction of sp³-hybridized carbons (Fsp3) is 0.207. The molecule has 0 unspecified atom stereocenters. The Morgan fingerprint density at radius 3 is 2.25 bits per heavy atom. The number of nitrogens with one attached hydrogen (secondary N) is 1. The normalized spacial score (nSPS) is 10.8. The molecule has 0 saturated carbocycles. The topological polar surface area (TPSA) is 94.8 Å². The average molecular weight is 486 g/mol. The summed E-state index contributed by atoms with van der Waals surface area (Å²) in [5, 5.41) is 3.66. The van der Waals surface area contributed by atoms with E-state index < -0.39 is 17.5 Å². The van der Waals surface area contributed by atoms with Crippen LogP contribution in [0.1, 0.15) is 38.2 Å². The molecule has 0 bridgehead atoms. The van der Waals surface area contributed by atoms with Crippen LogP contribution in [0.4, 0.5) is 5.69 Å². The summed E-state index contributed by atoms with van der Waals surface area (Å²) < 4.78 is 16.2. The zero-order valence-electron chi connectivity index (χ0n) is 20.6. The van der Waals surface area contributed by atoms with Gasteiger partial charge in [-0.3, -0.25) is 4.79 Å². The van der Waals surface area contributed by atoms with Crippen molar-refractivity contribution in [3.8, 4) is 5.75 Å². The Hall–Kier alpha value is -4.39. The van der Waals surface area contributed by atoms with Gasteiger partial charge in [0.05, 0.1) is 5.56 Å². The van der Waals surface area contributed by atoms with Gasteiger partial charge < -0.3 is 19.2 Å². The van der Waals surface area contributed by atoms with Crippen LogP contribution in [-0.4, -0.2) is 18.5 Å². The summed E-state index contributed by atoms with van der Waals surface area (Å²) in [5.41, 5.74) is 5.82. The van der Waals surface area contributed by atoms with E-state index in [-0.39, 0.29) is 13.2 Å². The van der Waals surface area contributed by atoms with Crippen molar-refractivity contribution in [1.29, 1.82) is 0 Å². The molecule has 36 heavy (non-hydrogen) atoms. The molecular formula is C29H27NO6. The monoisotopic (exact) mass is 485 g/mol. The zero-order chi connectivity index (χ0) is 25.8. The fourth-order valence-corrected chi connectivity index (χ4v) is 4.07. The second kappa shape index (κ2) is 10.5. The van der Waals surface area contributed by atoms with Gasteiger partial charge in [0.2, 0.25) is 0 Å². The SMILES string of the molecule is Cc1cc(C)c(NC(=O)COC(=O)c2ccc(COc3ccc4c(C)cc(=O)oc4c3)cc2)c(C)c1. The van der Waals surface area contributed by atoms with E-state index in [0.29, 0.717) is 16.9 Å². The molecule has 1 N–H and O–H groups in total. The maximum absolute atomic E-state index is 12.4. The molecule has 0 saturated heterocycles. The van der Waals surface area contributed by atoms with E-state index in [1.54, 1.807) is 30.3 Å². The van der Waals surface area contributed by atoms with Crippen molar-refractivity contribution < 1.29 is 23.5 Å². The van der Waals surface area contributed by atoms with Crippen molar-refractivity contribution in [3.63, 3.8) is 0 Å². The maximum atomic E-state index is 12.4. The average Bonchev–Trinajstić information content (AvgIpc) is 2.83. The predicted octanol–water partition coefficient (Wildman–Crippen LogP) is 5.40. The van der Waals surface area contributed by atoms with Gasteiger partial charge in [0.25, 0.3) is 5.91 Å². The van der Waals surface area contributed by atoms with Gasteiger partial charge in [-0.25, -0.2) is 9.59 Å². The highest BCUT2D eigenvalue weighted by Crippen LogP contribution is 2.23. The molecular weight excluding hydrogens is 458 g/mol. The molecule has 4 rings (SSSR count). The third-order valence-corrected chi connectivity index (χ3v) is 5.79. The lowest BCUT2D eigenvalue weighted by Gasteiger charge is -2.13. The van der Waals surface area contributed by atoms with Gasteiger partial charge >= 0.3 is 11.6 Å². The Kier molecular flexibility index (Phi) is 7.20. The lowest BCUT2D eigenvalue weighted by Crippen LogP contribution is -2.22. The fourth-order valence-electron chi connectivity index (χ4n) is 4.07. The van der Waals surface area contributed by atoms with Crippen LogP contribution >= 0.6 is 0 Å². The largest absolute Gasteiger partial charge is 0.489 e. The van der Waals surface area contributed by atoms with Crippen molar-refractivity contribution in [3.05, 3.63) is 104 Å². The second-order valence-electron chi connectivity index (χ2n) is 8.79. The van der Waals surface area contributed by atoms with Gasteiger partial charge in [-0.2, -0.15) is 0 Å². The number of rotatable bonds is 7. The predicted molar refractivity (Wildman–Crippen MR) is 138 cm³/mol. The molecule has 1 heterocycles. The Labute approximate surface area is 208 Å². The van der Waals surface area contributed by atoms with Crippen LogP contribution in [0.25, 0.3) is 11.0 Å². The van der Waals surface area contributed by atoms with Crippen LogP contribution in [0.2, 0.25) is 0 Å². The van der Waals surface area contributed by atoms with E-state index >= 15 is 0 Å². The van der Waals surface area contributed by atoms with Crippen molar-refractivity contribution in [1.82, 2.24) is 0 Å². The first-order chi connectivity index (χ1) is 17.2. The van der Waals surface area contributed by atoms with Crippen LogP contribution in [0.15, 0.2) is 69.9 Å². The van der Waals surface area contributed by atoms with Crippen LogP contribution in [0.5, 0.6) is 5.75 Å². The van der Waals surface area contributed by atoms with Gasteiger partial charge in [0.15, 0.2) is 6.61 Å². The Morgan fingerprint density at radius 2 is 1.56 bits per heavy atom. The van der Waals surface area contributed by atoms with Gasteiger partial charge in [-0.05, 0) is 74.2 Å². The third-order valence-electron chi connectivity index (χ3n) is 5.79. The van der Waals surface area contributed by atoms with Gasteiger partial charge in [-0.1, -0.05) is 29.8 Å². The van der Waals surface area contributed by atoms with E-state index in [9.17, 15) is 14.4 Å². The van der Waals surface area contributed by atoms with Crippen LogP contribution in [0.3, 0.4) is 0 Å². The number of hydrogen-bond donors (Lipinski definition) is 1. The number of fused-ring (bicyclic) bond motifs is 1. The molecule has 0 aliphatic carbocycles. The molecule has 0 fully saturated rings. The molecule has 3 aromatic carbocycles. The van der Waals surface area contributed by atoms with Crippen LogP contribution in [-0.2, 0) is 16.1 Å². The van der Waals surface area contributed by atoms with Crippen molar-refractivity contribution in [2.75, 3.05) is 11.9 Å². The van der Waals surface area contributed by atoms with Crippen LogP contribution in [0, 0.1) is 27.7 Å². The Balaban J connectivity index is 1.31. The van der Waals surface area contributed by atoms with Crippen molar-refractivity contribution in [2.45, 2.75) is 34.3 Å². The van der Waals surface area contributed by atoms with E-state index in [1.165, 1.54) is 6.07 Å². The van der Waals surface area contributed by atoms with Gasteiger partial charge in [0.1, 0.15) is 17.9 Å². The minimum atomic E-state index is -0.588. The molecule has 1 amide bonds. The number of esters is 1. The Morgan fingerprint density at radius 1 is 0.861 bits per heavy atom. The first kappa shape index (κ1) is 24.7. The second-order valence-corrected chi connectivity index (χ2v) is 8.79. The number of hydrogen-bond acceptors (Lipinski definition) is 6.